The lowest BCUT2D eigenvalue weighted by Gasteiger charge is -2.43. The molecule has 0 spiro atoms. The fourth-order valence-corrected chi connectivity index (χ4v) is 4.07. The Balaban J connectivity index is 1.81. The second-order valence-corrected chi connectivity index (χ2v) is 6.29. The van der Waals surface area contributed by atoms with E-state index in [-0.39, 0.29) is 17.5 Å². The van der Waals surface area contributed by atoms with Crippen LogP contribution in [-0.4, -0.2) is 16.3 Å². The van der Waals surface area contributed by atoms with Crippen molar-refractivity contribution in [2.75, 3.05) is 0 Å². The summed E-state index contributed by atoms with van der Waals surface area (Å²) < 4.78 is 0. The third-order valence-electron chi connectivity index (χ3n) is 5.14. The van der Waals surface area contributed by atoms with Gasteiger partial charge in [-0.05, 0) is 48.3 Å². The molecule has 1 aromatic carbocycles. The van der Waals surface area contributed by atoms with Crippen molar-refractivity contribution in [2.45, 2.75) is 50.5 Å². The summed E-state index contributed by atoms with van der Waals surface area (Å²) in [6.07, 6.45) is 7.62. The van der Waals surface area contributed by atoms with Gasteiger partial charge in [-0.25, -0.2) is 0 Å². The smallest absolute Gasteiger partial charge is 0.157 e. The van der Waals surface area contributed by atoms with Crippen molar-refractivity contribution in [3.05, 3.63) is 23.8 Å². The van der Waals surface area contributed by atoms with E-state index in [2.05, 4.69) is 0 Å². The van der Waals surface area contributed by atoms with Gasteiger partial charge in [0.1, 0.15) is 0 Å². The van der Waals surface area contributed by atoms with Crippen LogP contribution < -0.4 is 5.73 Å². The molecule has 0 amide bonds. The van der Waals surface area contributed by atoms with E-state index in [0.717, 1.165) is 30.2 Å². The van der Waals surface area contributed by atoms with Crippen LogP contribution in [0, 0.1) is 11.8 Å². The molecule has 4 N–H and O–H groups in total. The van der Waals surface area contributed by atoms with Gasteiger partial charge in [-0.2, -0.15) is 0 Å². The molecule has 3 nitrogen and oxygen atoms in total. The van der Waals surface area contributed by atoms with E-state index in [1.165, 1.54) is 25.7 Å². The number of hydrogen-bond donors (Lipinski definition) is 3. The zero-order chi connectivity index (χ0) is 13.4. The molecule has 2 saturated carbocycles. The Morgan fingerprint density at radius 3 is 2.32 bits per heavy atom. The summed E-state index contributed by atoms with van der Waals surface area (Å²) >= 11 is 0. The van der Waals surface area contributed by atoms with Crippen molar-refractivity contribution in [2.24, 2.45) is 17.6 Å². The van der Waals surface area contributed by atoms with E-state index >= 15 is 0 Å². The number of nitrogens with two attached hydrogens (primary N) is 1. The predicted octanol–water partition coefficient (Wildman–Crippen LogP) is 3.11. The number of hydrogen-bond acceptors (Lipinski definition) is 3. The van der Waals surface area contributed by atoms with Crippen LogP contribution in [0.15, 0.2) is 18.2 Å². The lowest BCUT2D eigenvalue weighted by atomic mass is 9.64. The molecule has 3 rings (SSSR count). The lowest BCUT2D eigenvalue weighted by Crippen LogP contribution is -2.40. The second kappa shape index (κ2) is 5.04. The molecule has 104 valence electrons. The number of benzene rings is 1. The number of aromatic hydroxyl groups is 2. The zero-order valence-corrected chi connectivity index (χ0v) is 11.3. The van der Waals surface area contributed by atoms with Gasteiger partial charge in [-0.15, -0.1) is 0 Å². The summed E-state index contributed by atoms with van der Waals surface area (Å²) in [6.45, 7) is 0. The Kier molecular flexibility index (Phi) is 3.40. The maximum atomic E-state index is 9.66. The SMILES string of the molecule is N[C@H]1CC2CCCCC2C[C@@H]1c1ccc(O)c(O)c1. The molecule has 1 aromatic rings. The number of phenols is 2. The minimum Gasteiger partial charge on any atom is -0.504 e. The van der Waals surface area contributed by atoms with Crippen LogP contribution in [0.25, 0.3) is 0 Å². The van der Waals surface area contributed by atoms with E-state index in [9.17, 15) is 10.2 Å². The average molecular weight is 261 g/mol. The van der Waals surface area contributed by atoms with E-state index < -0.39 is 0 Å². The number of phenolic OH excluding ortho intramolecular Hbond substituents is 2. The third-order valence-corrected chi connectivity index (χ3v) is 5.14. The standard InChI is InChI=1S/C16H23NO2/c17-14-8-11-4-2-1-3-10(11)7-13(14)12-5-6-15(18)16(19)9-12/h5-6,9-11,13-14,18-19H,1-4,7-8,17H2/t10?,11?,13-,14+/m1/s1. The lowest BCUT2D eigenvalue weighted by molar-refractivity contribution is 0.139. The first-order valence-corrected chi connectivity index (χ1v) is 7.42. The first-order valence-electron chi connectivity index (χ1n) is 7.42. The molecule has 2 fully saturated rings. The Hall–Kier alpha value is -1.22. The topological polar surface area (TPSA) is 66.5 Å². The van der Waals surface area contributed by atoms with Crippen LogP contribution in [0.3, 0.4) is 0 Å². The van der Waals surface area contributed by atoms with Crippen molar-refractivity contribution in [3.8, 4) is 11.5 Å². The zero-order valence-electron chi connectivity index (χ0n) is 11.3. The maximum absolute atomic E-state index is 9.66. The monoisotopic (exact) mass is 261 g/mol. The minimum absolute atomic E-state index is 0.0320. The van der Waals surface area contributed by atoms with E-state index in [1.54, 1.807) is 12.1 Å². The van der Waals surface area contributed by atoms with Crippen LogP contribution in [-0.2, 0) is 0 Å². The van der Waals surface area contributed by atoms with Gasteiger partial charge in [0.2, 0.25) is 0 Å². The average Bonchev–Trinajstić information content (AvgIpc) is 2.41. The van der Waals surface area contributed by atoms with Crippen LogP contribution in [0.1, 0.15) is 50.0 Å². The van der Waals surface area contributed by atoms with E-state index in [4.69, 9.17) is 5.73 Å². The number of rotatable bonds is 1. The summed E-state index contributed by atoms with van der Waals surface area (Å²) in [5.41, 5.74) is 7.44. The molecular formula is C16H23NO2. The molecule has 3 heteroatoms. The normalized spacial score (nSPS) is 34.8. The Morgan fingerprint density at radius 1 is 0.947 bits per heavy atom. The molecule has 0 aliphatic heterocycles. The fourth-order valence-electron chi connectivity index (χ4n) is 4.07. The Labute approximate surface area is 114 Å². The molecule has 2 aliphatic rings. The van der Waals surface area contributed by atoms with E-state index in [0.29, 0.717) is 5.92 Å². The highest BCUT2D eigenvalue weighted by atomic mass is 16.3. The van der Waals surface area contributed by atoms with Gasteiger partial charge in [0.05, 0.1) is 0 Å². The molecule has 0 aromatic heterocycles. The highest BCUT2D eigenvalue weighted by Gasteiger charge is 2.37. The van der Waals surface area contributed by atoms with Crippen LogP contribution >= 0.6 is 0 Å². The van der Waals surface area contributed by atoms with Gasteiger partial charge in [-0.3, -0.25) is 0 Å². The van der Waals surface area contributed by atoms with Crippen molar-refractivity contribution < 1.29 is 10.2 Å². The van der Waals surface area contributed by atoms with Crippen molar-refractivity contribution in [1.82, 2.24) is 0 Å². The third kappa shape index (κ3) is 2.44. The van der Waals surface area contributed by atoms with Gasteiger partial charge < -0.3 is 15.9 Å². The van der Waals surface area contributed by atoms with Crippen LogP contribution in [0.5, 0.6) is 11.5 Å². The number of fused-ring (bicyclic) bond motifs is 1. The second-order valence-electron chi connectivity index (χ2n) is 6.29. The fraction of sp³-hybridized carbons (Fsp3) is 0.625. The van der Waals surface area contributed by atoms with Gasteiger partial charge in [0.25, 0.3) is 0 Å². The first-order chi connectivity index (χ1) is 9.15. The molecule has 0 heterocycles. The van der Waals surface area contributed by atoms with Crippen molar-refractivity contribution in [3.63, 3.8) is 0 Å². The van der Waals surface area contributed by atoms with Gasteiger partial charge in [0.15, 0.2) is 11.5 Å². The first kappa shape index (κ1) is 12.8. The van der Waals surface area contributed by atoms with Crippen molar-refractivity contribution in [1.29, 1.82) is 0 Å². The summed E-state index contributed by atoms with van der Waals surface area (Å²) in [4.78, 5) is 0. The molecule has 2 aliphatic carbocycles. The Bertz CT molecular complexity index is 460. The van der Waals surface area contributed by atoms with E-state index in [1.807, 2.05) is 6.07 Å². The summed E-state index contributed by atoms with van der Waals surface area (Å²) in [5, 5.41) is 19.1. The molecule has 4 atom stereocenters. The van der Waals surface area contributed by atoms with Crippen LogP contribution in [0.2, 0.25) is 0 Å². The minimum atomic E-state index is -0.0522. The summed E-state index contributed by atoms with van der Waals surface area (Å²) in [5.74, 6) is 1.85. The molecule has 0 radical (unpaired) electrons. The Morgan fingerprint density at radius 2 is 1.63 bits per heavy atom. The van der Waals surface area contributed by atoms with Gasteiger partial charge >= 0.3 is 0 Å². The maximum Gasteiger partial charge on any atom is 0.157 e. The van der Waals surface area contributed by atoms with Gasteiger partial charge in [0, 0.05) is 6.04 Å². The van der Waals surface area contributed by atoms with Gasteiger partial charge in [-0.1, -0.05) is 31.7 Å². The highest BCUT2D eigenvalue weighted by molar-refractivity contribution is 5.42. The largest absolute Gasteiger partial charge is 0.504 e. The summed E-state index contributed by atoms with van der Waals surface area (Å²) in [6, 6.07) is 5.35. The molecule has 0 saturated heterocycles. The molecule has 19 heavy (non-hydrogen) atoms. The van der Waals surface area contributed by atoms with Crippen LogP contribution in [0.4, 0.5) is 0 Å². The predicted molar refractivity (Wildman–Crippen MR) is 75.2 cm³/mol. The molecular weight excluding hydrogens is 238 g/mol. The van der Waals surface area contributed by atoms with Crippen molar-refractivity contribution >= 4 is 0 Å². The highest BCUT2D eigenvalue weighted by Crippen LogP contribution is 2.46. The molecule has 2 unspecified atom stereocenters. The molecule has 0 bridgehead atoms. The quantitative estimate of drug-likeness (QED) is 0.680. The summed E-state index contributed by atoms with van der Waals surface area (Å²) in [7, 11) is 0.